The molecule has 4 fully saturated rings. The van der Waals surface area contributed by atoms with Gasteiger partial charge in [-0.2, -0.15) is 0 Å². The second kappa shape index (κ2) is 6.49. The predicted molar refractivity (Wildman–Crippen MR) is 91.3 cm³/mol. The molecule has 0 radical (unpaired) electrons. The van der Waals surface area contributed by atoms with Crippen molar-refractivity contribution in [2.75, 3.05) is 19.6 Å². The predicted octanol–water partition coefficient (Wildman–Crippen LogP) is 2.70. The molecular weight excluding hydrogens is 302 g/mol. The number of ether oxygens (including phenoxy) is 1. The first-order chi connectivity index (χ1) is 11.7. The zero-order valence-electron chi connectivity index (χ0n) is 14.2. The normalized spacial score (nSPS) is 32.5. The van der Waals surface area contributed by atoms with E-state index < -0.39 is 11.6 Å². The fraction of sp³-hybridized carbons (Fsp3) is 0.650. The van der Waals surface area contributed by atoms with Crippen molar-refractivity contribution >= 4 is 5.97 Å². The Kier molecular flexibility index (Phi) is 4.35. The van der Waals surface area contributed by atoms with Gasteiger partial charge < -0.3 is 9.84 Å². The third-order valence-corrected chi connectivity index (χ3v) is 6.33. The highest BCUT2D eigenvalue weighted by Gasteiger charge is 2.49. The summed E-state index contributed by atoms with van der Waals surface area (Å²) in [5, 5.41) is 11.5. The quantitative estimate of drug-likeness (QED) is 0.863. The van der Waals surface area contributed by atoms with Crippen molar-refractivity contribution in [3.63, 3.8) is 0 Å². The summed E-state index contributed by atoms with van der Waals surface area (Å²) < 4.78 is 5.93. The standard InChI is InChI=1S/C20H27NO3/c22-19(24-18-14-21-12-10-15(18)11-13-21)20(23,17-8-4-5-9-17)16-6-2-1-3-7-16/h1-3,6-7,15,17-18,23H,4-5,8-14H2/t18-,20?/m0/s1. The summed E-state index contributed by atoms with van der Waals surface area (Å²) in [6, 6.07) is 9.40. The van der Waals surface area contributed by atoms with Gasteiger partial charge in [-0.3, -0.25) is 4.90 Å². The van der Waals surface area contributed by atoms with Crippen LogP contribution in [0.2, 0.25) is 0 Å². The fourth-order valence-corrected chi connectivity index (χ4v) is 4.83. The van der Waals surface area contributed by atoms with Gasteiger partial charge in [-0.25, -0.2) is 4.79 Å². The van der Waals surface area contributed by atoms with E-state index in [-0.39, 0.29) is 12.0 Å². The number of benzene rings is 1. The third-order valence-electron chi connectivity index (χ3n) is 6.33. The van der Waals surface area contributed by atoms with Crippen molar-refractivity contribution in [1.29, 1.82) is 0 Å². The van der Waals surface area contributed by atoms with E-state index in [0.717, 1.165) is 58.2 Å². The van der Waals surface area contributed by atoms with E-state index in [1.165, 1.54) is 0 Å². The number of fused-ring (bicyclic) bond motifs is 3. The third kappa shape index (κ3) is 2.76. The molecule has 1 unspecified atom stereocenters. The second-order valence-corrected chi connectivity index (χ2v) is 7.70. The maximum atomic E-state index is 13.1. The van der Waals surface area contributed by atoms with Crippen molar-refractivity contribution < 1.29 is 14.6 Å². The van der Waals surface area contributed by atoms with Crippen LogP contribution in [0.1, 0.15) is 44.1 Å². The van der Waals surface area contributed by atoms with Crippen LogP contribution < -0.4 is 0 Å². The zero-order chi connectivity index (χ0) is 16.6. The molecule has 1 aromatic carbocycles. The van der Waals surface area contributed by atoms with Gasteiger partial charge in [0, 0.05) is 12.5 Å². The summed E-state index contributed by atoms with van der Waals surface area (Å²) in [4.78, 5) is 15.5. The van der Waals surface area contributed by atoms with Crippen LogP contribution in [0.4, 0.5) is 0 Å². The lowest BCUT2D eigenvalue weighted by Crippen LogP contribution is -2.54. The lowest BCUT2D eigenvalue weighted by atomic mass is 9.79. The Morgan fingerprint density at radius 3 is 2.33 bits per heavy atom. The zero-order valence-corrected chi connectivity index (χ0v) is 14.2. The van der Waals surface area contributed by atoms with E-state index in [1.807, 2.05) is 30.3 Å². The van der Waals surface area contributed by atoms with Crippen molar-refractivity contribution in [3.8, 4) is 0 Å². The molecule has 4 nitrogen and oxygen atoms in total. The van der Waals surface area contributed by atoms with Crippen LogP contribution in [0, 0.1) is 11.8 Å². The summed E-state index contributed by atoms with van der Waals surface area (Å²) in [6.45, 7) is 3.06. The Hall–Kier alpha value is -1.39. The Morgan fingerprint density at radius 2 is 1.75 bits per heavy atom. The molecule has 1 saturated carbocycles. The Labute approximate surface area is 143 Å². The SMILES string of the molecule is O=C(O[C@H]1CN2CCC1CC2)C(O)(c1ccccc1)C1CCCC1. The van der Waals surface area contributed by atoms with E-state index in [4.69, 9.17) is 4.74 Å². The molecule has 0 amide bonds. The second-order valence-electron chi connectivity index (χ2n) is 7.70. The highest BCUT2D eigenvalue weighted by molar-refractivity contribution is 5.81. The minimum absolute atomic E-state index is 0.0338. The number of piperidine rings is 3. The fourth-order valence-electron chi connectivity index (χ4n) is 4.83. The molecule has 3 saturated heterocycles. The number of aliphatic hydroxyl groups is 1. The summed E-state index contributed by atoms with van der Waals surface area (Å²) in [6.07, 6.45) is 6.08. The molecule has 3 aliphatic heterocycles. The molecule has 0 aromatic heterocycles. The molecule has 130 valence electrons. The average Bonchev–Trinajstić information content (AvgIpc) is 3.18. The summed E-state index contributed by atoms with van der Waals surface area (Å²) in [7, 11) is 0. The molecule has 3 heterocycles. The minimum Gasteiger partial charge on any atom is -0.458 e. The van der Waals surface area contributed by atoms with Crippen molar-refractivity contribution in [1.82, 2.24) is 4.90 Å². The number of carbonyl (C=O) groups excluding carboxylic acids is 1. The van der Waals surface area contributed by atoms with Crippen LogP contribution in [0.15, 0.2) is 30.3 Å². The highest BCUT2D eigenvalue weighted by Crippen LogP contribution is 2.42. The van der Waals surface area contributed by atoms with E-state index in [9.17, 15) is 9.90 Å². The molecule has 24 heavy (non-hydrogen) atoms. The maximum Gasteiger partial charge on any atom is 0.343 e. The number of esters is 1. The van der Waals surface area contributed by atoms with Gasteiger partial charge in [-0.05, 0) is 50.3 Å². The van der Waals surface area contributed by atoms with Gasteiger partial charge in [0.2, 0.25) is 0 Å². The van der Waals surface area contributed by atoms with Gasteiger partial charge in [0.25, 0.3) is 0 Å². The van der Waals surface area contributed by atoms with E-state index in [0.29, 0.717) is 11.5 Å². The molecule has 4 aliphatic rings. The summed E-state index contributed by atoms with van der Waals surface area (Å²) >= 11 is 0. The summed E-state index contributed by atoms with van der Waals surface area (Å²) in [5.41, 5.74) is -0.813. The van der Waals surface area contributed by atoms with E-state index in [1.54, 1.807) is 0 Å². The Morgan fingerprint density at radius 1 is 1.08 bits per heavy atom. The Bertz CT molecular complexity index is 576. The monoisotopic (exact) mass is 329 g/mol. The molecule has 1 aromatic rings. The summed E-state index contributed by atoms with van der Waals surface area (Å²) in [5.74, 6) is -0.00427. The lowest BCUT2D eigenvalue weighted by Gasteiger charge is -2.45. The lowest BCUT2D eigenvalue weighted by molar-refractivity contribution is -0.188. The average molecular weight is 329 g/mol. The van der Waals surface area contributed by atoms with E-state index in [2.05, 4.69) is 4.90 Å². The minimum atomic E-state index is -1.50. The first-order valence-electron chi connectivity index (χ1n) is 9.39. The Balaban J connectivity index is 1.57. The smallest absolute Gasteiger partial charge is 0.343 e. The molecule has 2 atom stereocenters. The van der Waals surface area contributed by atoms with Crippen LogP contribution in [-0.4, -0.2) is 41.7 Å². The van der Waals surface area contributed by atoms with Gasteiger partial charge >= 0.3 is 5.97 Å². The van der Waals surface area contributed by atoms with Gasteiger partial charge in [-0.15, -0.1) is 0 Å². The van der Waals surface area contributed by atoms with Crippen LogP contribution in [0.5, 0.6) is 0 Å². The van der Waals surface area contributed by atoms with Crippen molar-refractivity contribution in [3.05, 3.63) is 35.9 Å². The van der Waals surface area contributed by atoms with Crippen molar-refractivity contribution in [2.24, 2.45) is 11.8 Å². The number of rotatable bonds is 4. The molecule has 4 heteroatoms. The van der Waals surface area contributed by atoms with Crippen LogP contribution in [0.25, 0.3) is 0 Å². The first-order valence-corrected chi connectivity index (χ1v) is 9.39. The maximum absolute atomic E-state index is 13.1. The van der Waals surface area contributed by atoms with Crippen LogP contribution in [-0.2, 0) is 15.1 Å². The largest absolute Gasteiger partial charge is 0.458 e. The highest BCUT2D eigenvalue weighted by atomic mass is 16.6. The molecule has 2 bridgehead atoms. The molecule has 1 N–H and O–H groups in total. The number of hydrogen-bond acceptors (Lipinski definition) is 4. The number of hydrogen-bond donors (Lipinski definition) is 1. The van der Waals surface area contributed by atoms with Crippen LogP contribution in [0.3, 0.4) is 0 Å². The number of carbonyl (C=O) groups is 1. The van der Waals surface area contributed by atoms with Gasteiger partial charge in [0.1, 0.15) is 6.10 Å². The molecule has 0 spiro atoms. The van der Waals surface area contributed by atoms with E-state index >= 15 is 0 Å². The molecular formula is C20H27NO3. The van der Waals surface area contributed by atoms with Crippen LogP contribution >= 0.6 is 0 Å². The topological polar surface area (TPSA) is 49.8 Å². The van der Waals surface area contributed by atoms with Crippen molar-refractivity contribution in [2.45, 2.75) is 50.2 Å². The molecule has 5 rings (SSSR count). The van der Waals surface area contributed by atoms with Gasteiger partial charge in [0.05, 0.1) is 0 Å². The van der Waals surface area contributed by atoms with Gasteiger partial charge in [0.15, 0.2) is 5.60 Å². The molecule has 1 aliphatic carbocycles. The van der Waals surface area contributed by atoms with Gasteiger partial charge in [-0.1, -0.05) is 43.2 Å². The number of nitrogens with zero attached hydrogens (tertiary/aromatic N) is 1. The first kappa shape index (κ1) is 16.1.